The lowest BCUT2D eigenvalue weighted by atomic mass is 10.1. The van der Waals surface area contributed by atoms with E-state index in [0.717, 1.165) is 16.7 Å². The molecule has 0 unspecified atom stereocenters. The van der Waals surface area contributed by atoms with Crippen LogP contribution in [0.5, 0.6) is 0 Å². The summed E-state index contributed by atoms with van der Waals surface area (Å²) >= 11 is 12.4. The van der Waals surface area contributed by atoms with Crippen LogP contribution in [-0.2, 0) is 9.59 Å². The lowest BCUT2D eigenvalue weighted by Gasteiger charge is -2.24. The van der Waals surface area contributed by atoms with E-state index >= 15 is 0 Å². The van der Waals surface area contributed by atoms with E-state index in [0.29, 0.717) is 21.4 Å². The maximum absolute atomic E-state index is 12.3. The summed E-state index contributed by atoms with van der Waals surface area (Å²) in [6, 6.07) is 9.12. The van der Waals surface area contributed by atoms with E-state index in [9.17, 15) is 9.59 Å². The number of anilines is 2. The first-order chi connectivity index (χ1) is 12.2. The maximum atomic E-state index is 12.3. The fraction of sp³-hybridized carbons (Fsp3) is 0.300. The number of amides is 2. The molecule has 0 aliphatic rings. The molecule has 0 aliphatic heterocycles. The average Bonchev–Trinajstić information content (AvgIpc) is 2.53. The number of benzene rings is 2. The Bertz CT molecular complexity index is 827. The van der Waals surface area contributed by atoms with Crippen LogP contribution in [0, 0.1) is 20.8 Å². The molecule has 0 saturated heterocycles. The number of hydrogen-bond donors (Lipinski definition) is 1. The van der Waals surface area contributed by atoms with Gasteiger partial charge in [-0.15, -0.1) is 0 Å². The van der Waals surface area contributed by atoms with Gasteiger partial charge in [0, 0.05) is 30.6 Å². The smallest absolute Gasteiger partial charge is 0.226 e. The Labute approximate surface area is 164 Å². The Balaban J connectivity index is 2.13. The predicted molar refractivity (Wildman–Crippen MR) is 108 cm³/mol. The average molecular weight is 393 g/mol. The van der Waals surface area contributed by atoms with Gasteiger partial charge in [-0.2, -0.15) is 0 Å². The summed E-state index contributed by atoms with van der Waals surface area (Å²) in [7, 11) is 0. The number of rotatable bonds is 5. The largest absolute Gasteiger partial charge is 0.326 e. The number of carbonyl (C=O) groups excluding carboxylic acids is 2. The predicted octanol–water partition coefficient (Wildman–Crippen LogP) is 5.30. The van der Waals surface area contributed by atoms with Crippen LogP contribution in [0.2, 0.25) is 10.0 Å². The normalized spacial score (nSPS) is 10.5. The van der Waals surface area contributed by atoms with E-state index in [1.165, 1.54) is 6.92 Å². The maximum Gasteiger partial charge on any atom is 0.226 e. The highest BCUT2D eigenvalue weighted by Crippen LogP contribution is 2.31. The molecule has 1 N–H and O–H groups in total. The molecule has 2 aromatic rings. The van der Waals surface area contributed by atoms with Gasteiger partial charge in [0.2, 0.25) is 11.8 Å². The minimum Gasteiger partial charge on any atom is -0.326 e. The highest BCUT2D eigenvalue weighted by Gasteiger charge is 2.19. The Morgan fingerprint density at radius 1 is 1.08 bits per heavy atom. The molecule has 0 aliphatic carbocycles. The molecule has 0 atom stereocenters. The van der Waals surface area contributed by atoms with E-state index in [-0.39, 0.29) is 24.8 Å². The van der Waals surface area contributed by atoms with Crippen LogP contribution in [0.15, 0.2) is 30.3 Å². The first-order valence-corrected chi connectivity index (χ1v) is 9.06. The number of halogens is 2. The lowest BCUT2D eigenvalue weighted by molar-refractivity contribution is -0.117. The Morgan fingerprint density at radius 3 is 2.38 bits per heavy atom. The summed E-state index contributed by atoms with van der Waals surface area (Å²) in [5, 5.41) is 3.94. The van der Waals surface area contributed by atoms with Gasteiger partial charge >= 0.3 is 0 Å². The zero-order valence-corrected chi connectivity index (χ0v) is 16.8. The van der Waals surface area contributed by atoms with Crippen molar-refractivity contribution in [3.63, 3.8) is 0 Å². The van der Waals surface area contributed by atoms with Crippen LogP contribution in [0.3, 0.4) is 0 Å². The van der Waals surface area contributed by atoms with Crippen LogP contribution in [0.1, 0.15) is 30.0 Å². The van der Waals surface area contributed by atoms with Crippen molar-refractivity contribution in [2.75, 3.05) is 16.8 Å². The number of carbonyl (C=O) groups is 2. The van der Waals surface area contributed by atoms with Gasteiger partial charge in [0.1, 0.15) is 0 Å². The van der Waals surface area contributed by atoms with Crippen molar-refractivity contribution >= 4 is 46.4 Å². The fourth-order valence-corrected chi connectivity index (χ4v) is 3.44. The topological polar surface area (TPSA) is 49.4 Å². The van der Waals surface area contributed by atoms with Crippen molar-refractivity contribution in [1.82, 2.24) is 0 Å². The third-order valence-electron chi connectivity index (χ3n) is 4.15. The number of nitrogens with zero attached hydrogens (tertiary/aromatic N) is 1. The molecule has 0 radical (unpaired) electrons. The molecular formula is C20H22Cl2N2O2. The van der Waals surface area contributed by atoms with E-state index in [1.807, 2.05) is 32.9 Å². The number of hydrogen-bond acceptors (Lipinski definition) is 2. The highest BCUT2D eigenvalue weighted by molar-refractivity contribution is 6.34. The van der Waals surface area contributed by atoms with Crippen molar-refractivity contribution in [3.8, 4) is 0 Å². The number of aryl methyl sites for hydroxylation is 2. The molecule has 0 aromatic heterocycles. The van der Waals surface area contributed by atoms with Crippen LogP contribution in [0.25, 0.3) is 0 Å². The third kappa shape index (κ3) is 4.77. The molecule has 26 heavy (non-hydrogen) atoms. The first kappa shape index (κ1) is 20.3. The molecule has 0 bridgehead atoms. The van der Waals surface area contributed by atoms with Gasteiger partial charge in [-0.3, -0.25) is 9.59 Å². The van der Waals surface area contributed by atoms with Crippen LogP contribution in [-0.4, -0.2) is 18.4 Å². The quantitative estimate of drug-likeness (QED) is 0.749. The Kier molecular flexibility index (Phi) is 6.68. The van der Waals surface area contributed by atoms with Crippen LogP contribution in [0.4, 0.5) is 11.4 Å². The summed E-state index contributed by atoms with van der Waals surface area (Å²) in [5.74, 6) is -0.354. The molecular weight excluding hydrogens is 371 g/mol. The molecule has 2 amide bonds. The summed E-state index contributed by atoms with van der Waals surface area (Å²) in [6.07, 6.45) is 0.148. The van der Waals surface area contributed by atoms with Crippen molar-refractivity contribution in [3.05, 3.63) is 57.1 Å². The van der Waals surface area contributed by atoms with E-state index in [4.69, 9.17) is 23.2 Å². The monoisotopic (exact) mass is 392 g/mol. The van der Waals surface area contributed by atoms with Gasteiger partial charge in [0.25, 0.3) is 0 Å². The molecule has 4 nitrogen and oxygen atoms in total. The molecule has 0 saturated carbocycles. The van der Waals surface area contributed by atoms with Gasteiger partial charge < -0.3 is 10.2 Å². The molecule has 0 heterocycles. The number of nitrogens with one attached hydrogen (secondary N) is 1. The molecule has 2 rings (SSSR count). The van der Waals surface area contributed by atoms with Gasteiger partial charge in [-0.25, -0.2) is 0 Å². The van der Waals surface area contributed by atoms with Crippen molar-refractivity contribution in [2.45, 2.75) is 34.1 Å². The summed E-state index contributed by atoms with van der Waals surface area (Å²) in [6.45, 7) is 7.40. The molecule has 6 heteroatoms. The van der Waals surface area contributed by atoms with Crippen LogP contribution >= 0.6 is 23.2 Å². The molecule has 138 valence electrons. The van der Waals surface area contributed by atoms with E-state index < -0.39 is 0 Å². The van der Waals surface area contributed by atoms with Crippen molar-refractivity contribution < 1.29 is 9.59 Å². The fourth-order valence-electron chi connectivity index (χ4n) is 2.85. The van der Waals surface area contributed by atoms with Gasteiger partial charge in [0.15, 0.2) is 0 Å². The zero-order valence-electron chi connectivity index (χ0n) is 15.3. The summed E-state index contributed by atoms with van der Waals surface area (Å²) in [4.78, 5) is 26.0. The lowest BCUT2D eigenvalue weighted by Crippen LogP contribution is -2.32. The summed E-state index contributed by atoms with van der Waals surface area (Å²) in [5.41, 5.74) is 4.05. The second kappa shape index (κ2) is 8.56. The van der Waals surface area contributed by atoms with Crippen LogP contribution < -0.4 is 10.2 Å². The third-order valence-corrected chi connectivity index (χ3v) is 4.85. The minimum absolute atomic E-state index is 0.148. The van der Waals surface area contributed by atoms with Crippen molar-refractivity contribution in [2.24, 2.45) is 0 Å². The molecule has 0 spiro atoms. The standard InChI is InChI=1S/C20H22Cl2N2O2/c1-12-10-13(2)20(17(22)11-12)24(15(4)25)9-8-19(26)23-18-7-5-6-16(21)14(18)3/h5-7,10-11H,8-9H2,1-4H3,(H,23,26). The minimum atomic E-state index is -0.192. The summed E-state index contributed by atoms with van der Waals surface area (Å²) < 4.78 is 0. The van der Waals surface area contributed by atoms with Gasteiger partial charge in [-0.1, -0.05) is 35.3 Å². The molecule has 2 aromatic carbocycles. The second-order valence-electron chi connectivity index (χ2n) is 6.29. The SMILES string of the molecule is CC(=O)N(CCC(=O)Nc1cccc(Cl)c1C)c1c(C)cc(C)cc1Cl. The Morgan fingerprint density at radius 2 is 1.77 bits per heavy atom. The van der Waals surface area contributed by atoms with E-state index in [2.05, 4.69) is 5.32 Å². The first-order valence-electron chi connectivity index (χ1n) is 8.30. The van der Waals surface area contributed by atoms with E-state index in [1.54, 1.807) is 23.1 Å². The van der Waals surface area contributed by atoms with Gasteiger partial charge in [0.05, 0.1) is 10.7 Å². The second-order valence-corrected chi connectivity index (χ2v) is 7.11. The zero-order chi connectivity index (χ0) is 19.4. The molecule has 0 fully saturated rings. The highest BCUT2D eigenvalue weighted by atomic mass is 35.5. The van der Waals surface area contributed by atoms with Gasteiger partial charge in [-0.05, 0) is 55.7 Å². The Hall–Kier alpha value is -2.04. The van der Waals surface area contributed by atoms with Crippen molar-refractivity contribution in [1.29, 1.82) is 0 Å².